The number of hydrogen-bond acceptors (Lipinski definition) is 5. The van der Waals surface area contributed by atoms with Gasteiger partial charge in [0.15, 0.2) is 0 Å². The van der Waals surface area contributed by atoms with E-state index < -0.39 is 0 Å². The summed E-state index contributed by atoms with van der Waals surface area (Å²) in [6, 6.07) is 1.72. The summed E-state index contributed by atoms with van der Waals surface area (Å²) in [6.45, 7) is 3.50. The van der Waals surface area contributed by atoms with E-state index in [9.17, 15) is 9.59 Å². The fourth-order valence-electron chi connectivity index (χ4n) is 2.31. The van der Waals surface area contributed by atoms with Crippen LogP contribution in [0.4, 0.5) is 10.6 Å². The van der Waals surface area contributed by atoms with Crippen molar-refractivity contribution in [1.29, 1.82) is 0 Å². The van der Waals surface area contributed by atoms with Gasteiger partial charge in [0.2, 0.25) is 5.91 Å². The normalized spacial score (nSPS) is 15.8. The van der Waals surface area contributed by atoms with Crippen LogP contribution in [0, 0.1) is 0 Å². The molecule has 0 aliphatic carbocycles. The number of ether oxygens (including phenoxy) is 1. The highest BCUT2D eigenvalue weighted by atomic mass is 16.6. The van der Waals surface area contributed by atoms with E-state index in [0.717, 1.165) is 12.8 Å². The molecule has 0 atom stereocenters. The van der Waals surface area contributed by atoms with Crippen molar-refractivity contribution in [3.8, 4) is 0 Å². The quantitative estimate of drug-likeness (QED) is 0.826. The van der Waals surface area contributed by atoms with Crippen molar-refractivity contribution < 1.29 is 14.3 Å². The van der Waals surface area contributed by atoms with E-state index in [1.807, 2.05) is 0 Å². The molecule has 1 fully saturated rings. The van der Waals surface area contributed by atoms with E-state index >= 15 is 0 Å². The lowest BCUT2D eigenvalue weighted by atomic mass is 10.1. The fourth-order valence-corrected chi connectivity index (χ4v) is 2.31. The van der Waals surface area contributed by atoms with E-state index in [2.05, 4.69) is 10.4 Å². The number of anilines is 1. The van der Waals surface area contributed by atoms with Gasteiger partial charge in [0.1, 0.15) is 12.4 Å². The van der Waals surface area contributed by atoms with Gasteiger partial charge in [0.05, 0.1) is 6.61 Å². The predicted octanol–water partition coefficient (Wildman–Crippen LogP) is 0.202. The molecular weight excluding hydrogens is 274 g/mol. The van der Waals surface area contributed by atoms with Crippen molar-refractivity contribution in [2.24, 2.45) is 0 Å². The molecule has 0 aromatic carbocycles. The fraction of sp³-hybridized carbons (Fsp3) is 0.615. The molecule has 21 heavy (non-hydrogen) atoms. The lowest BCUT2D eigenvalue weighted by Crippen LogP contribution is -2.47. The Hall–Kier alpha value is -2.25. The number of carbonyl (C=O) groups excluding carboxylic acids is 2. The molecule has 1 aromatic rings. The first-order valence-electron chi connectivity index (χ1n) is 7.08. The van der Waals surface area contributed by atoms with E-state index in [-0.39, 0.29) is 24.6 Å². The molecule has 1 aliphatic rings. The molecule has 3 N–H and O–H groups in total. The molecular formula is C13H21N5O3. The number of piperidine rings is 1. The molecule has 2 amide bonds. The summed E-state index contributed by atoms with van der Waals surface area (Å²) in [5, 5.41) is 6.91. The predicted molar refractivity (Wildman–Crippen MR) is 76.4 cm³/mol. The summed E-state index contributed by atoms with van der Waals surface area (Å²) >= 11 is 0. The van der Waals surface area contributed by atoms with Crippen molar-refractivity contribution in [2.75, 3.05) is 25.4 Å². The number of nitrogens with two attached hydrogens (primary N) is 1. The van der Waals surface area contributed by atoms with E-state index in [1.165, 1.54) is 4.68 Å². The maximum absolute atomic E-state index is 11.9. The van der Waals surface area contributed by atoms with Crippen LogP contribution >= 0.6 is 0 Å². The number of carbonyl (C=O) groups is 2. The zero-order chi connectivity index (χ0) is 15.2. The van der Waals surface area contributed by atoms with Crippen LogP contribution in [0.2, 0.25) is 0 Å². The topological polar surface area (TPSA) is 102 Å². The zero-order valence-electron chi connectivity index (χ0n) is 12.1. The minimum Gasteiger partial charge on any atom is -0.450 e. The SMILES string of the molecule is CCOC(=O)N1CCC(NC(=O)Cn2ccc(N)n2)CC1. The number of amides is 2. The summed E-state index contributed by atoms with van der Waals surface area (Å²) < 4.78 is 6.45. The minimum atomic E-state index is -0.283. The Bertz CT molecular complexity index is 494. The Morgan fingerprint density at radius 3 is 2.76 bits per heavy atom. The van der Waals surface area contributed by atoms with Gasteiger partial charge in [-0.25, -0.2) is 4.79 Å². The second kappa shape index (κ2) is 6.96. The molecule has 8 nitrogen and oxygen atoms in total. The Labute approximate surface area is 123 Å². The highest BCUT2D eigenvalue weighted by Gasteiger charge is 2.24. The maximum atomic E-state index is 11.9. The van der Waals surface area contributed by atoms with Crippen LogP contribution in [0.15, 0.2) is 12.3 Å². The zero-order valence-corrected chi connectivity index (χ0v) is 12.1. The third-order valence-corrected chi connectivity index (χ3v) is 3.35. The summed E-state index contributed by atoms with van der Waals surface area (Å²) in [7, 11) is 0. The summed E-state index contributed by atoms with van der Waals surface area (Å²) in [5.41, 5.74) is 5.49. The summed E-state index contributed by atoms with van der Waals surface area (Å²) in [5.74, 6) is 0.290. The van der Waals surface area contributed by atoms with Crippen LogP contribution in [-0.2, 0) is 16.1 Å². The van der Waals surface area contributed by atoms with Gasteiger partial charge < -0.3 is 20.7 Å². The molecule has 8 heteroatoms. The van der Waals surface area contributed by atoms with Gasteiger partial charge in [-0.15, -0.1) is 0 Å². The average Bonchev–Trinajstić information content (AvgIpc) is 2.85. The number of nitrogens with one attached hydrogen (secondary N) is 1. The molecule has 0 radical (unpaired) electrons. The van der Waals surface area contributed by atoms with Crippen LogP contribution in [0.25, 0.3) is 0 Å². The molecule has 2 rings (SSSR count). The molecule has 116 valence electrons. The van der Waals surface area contributed by atoms with Crippen molar-refractivity contribution >= 4 is 17.8 Å². The molecule has 2 heterocycles. The van der Waals surface area contributed by atoms with Gasteiger partial charge in [0, 0.05) is 25.3 Å². The smallest absolute Gasteiger partial charge is 0.409 e. The second-order valence-corrected chi connectivity index (χ2v) is 4.97. The molecule has 0 unspecified atom stereocenters. The number of rotatable bonds is 4. The third kappa shape index (κ3) is 4.37. The first kappa shape index (κ1) is 15.1. The molecule has 0 saturated carbocycles. The van der Waals surface area contributed by atoms with Gasteiger partial charge >= 0.3 is 6.09 Å². The number of likely N-dealkylation sites (tertiary alicyclic amines) is 1. The highest BCUT2D eigenvalue weighted by molar-refractivity contribution is 5.76. The van der Waals surface area contributed by atoms with Gasteiger partial charge in [-0.2, -0.15) is 5.10 Å². The number of aromatic nitrogens is 2. The van der Waals surface area contributed by atoms with E-state index in [4.69, 9.17) is 10.5 Å². The lowest BCUT2D eigenvalue weighted by molar-refractivity contribution is -0.122. The molecule has 0 spiro atoms. The van der Waals surface area contributed by atoms with Crippen molar-refractivity contribution in [1.82, 2.24) is 20.0 Å². The molecule has 1 aromatic heterocycles. The Morgan fingerprint density at radius 2 is 2.19 bits per heavy atom. The van der Waals surface area contributed by atoms with Crippen LogP contribution in [0.1, 0.15) is 19.8 Å². The Kier molecular flexibility index (Phi) is 5.02. The third-order valence-electron chi connectivity index (χ3n) is 3.35. The second-order valence-electron chi connectivity index (χ2n) is 4.97. The van der Waals surface area contributed by atoms with Gasteiger partial charge in [-0.05, 0) is 25.8 Å². The van der Waals surface area contributed by atoms with Gasteiger partial charge in [0.25, 0.3) is 0 Å². The van der Waals surface area contributed by atoms with E-state index in [1.54, 1.807) is 24.1 Å². The molecule has 1 aliphatic heterocycles. The lowest BCUT2D eigenvalue weighted by Gasteiger charge is -2.31. The average molecular weight is 295 g/mol. The van der Waals surface area contributed by atoms with Gasteiger partial charge in [-0.3, -0.25) is 9.48 Å². The van der Waals surface area contributed by atoms with Crippen molar-refractivity contribution in [3.63, 3.8) is 0 Å². The van der Waals surface area contributed by atoms with Crippen LogP contribution in [-0.4, -0.2) is 52.4 Å². The van der Waals surface area contributed by atoms with Gasteiger partial charge in [-0.1, -0.05) is 0 Å². The van der Waals surface area contributed by atoms with Crippen molar-refractivity contribution in [3.05, 3.63) is 12.3 Å². The monoisotopic (exact) mass is 295 g/mol. The number of nitrogen functional groups attached to an aromatic ring is 1. The highest BCUT2D eigenvalue weighted by Crippen LogP contribution is 2.11. The number of hydrogen-bond donors (Lipinski definition) is 2. The largest absolute Gasteiger partial charge is 0.450 e. The Morgan fingerprint density at radius 1 is 1.48 bits per heavy atom. The van der Waals surface area contributed by atoms with Crippen LogP contribution < -0.4 is 11.1 Å². The first-order valence-corrected chi connectivity index (χ1v) is 7.08. The van der Waals surface area contributed by atoms with Crippen LogP contribution in [0.3, 0.4) is 0 Å². The van der Waals surface area contributed by atoms with Crippen LogP contribution in [0.5, 0.6) is 0 Å². The maximum Gasteiger partial charge on any atom is 0.409 e. The molecule has 0 bridgehead atoms. The minimum absolute atomic E-state index is 0.0797. The van der Waals surface area contributed by atoms with E-state index in [0.29, 0.717) is 25.5 Å². The Balaban J connectivity index is 1.73. The first-order chi connectivity index (χ1) is 10.1. The summed E-state index contributed by atoms with van der Waals surface area (Å²) in [6.07, 6.45) is 2.84. The molecule has 1 saturated heterocycles. The van der Waals surface area contributed by atoms with Crippen molar-refractivity contribution in [2.45, 2.75) is 32.4 Å². The number of nitrogens with zero attached hydrogens (tertiary/aromatic N) is 3. The standard InChI is InChI=1S/C13H21N5O3/c1-2-21-13(20)17-6-3-10(4-7-17)15-12(19)9-18-8-5-11(14)16-18/h5,8,10H,2-4,6-7,9H2,1H3,(H2,14,16)(H,15,19). The summed E-state index contributed by atoms with van der Waals surface area (Å²) in [4.78, 5) is 25.1.